The van der Waals surface area contributed by atoms with Gasteiger partial charge in [0, 0.05) is 23.0 Å². The van der Waals surface area contributed by atoms with Crippen LogP contribution < -0.4 is 22.1 Å². The van der Waals surface area contributed by atoms with E-state index in [4.69, 9.17) is 21.0 Å². The number of anilines is 1. The second kappa shape index (κ2) is 7.22. The first-order valence-corrected chi connectivity index (χ1v) is 7.92. The Bertz CT molecular complexity index is 1040. The first-order valence-electron chi connectivity index (χ1n) is 7.92. The summed E-state index contributed by atoms with van der Waals surface area (Å²) in [5.74, 6) is -0.547. The van der Waals surface area contributed by atoms with Gasteiger partial charge in [-0.05, 0) is 18.2 Å². The van der Waals surface area contributed by atoms with Crippen LogP contribution in [0, 0.1) is 0 Å². The highest BCUT2D eigenvalue weighted by atomic mass is 16.4. The minimum atomic E-state index is -0.839. The molecule has 10 heteroatoms. The van der Waals surface area contributed by atoms with Crippen molar-refractivity contribution < 1.29 is 23.9 Å². The van der Waals surface area contributed by atoms with Crippen LogP contribution in [0.15, 0.2) is 34.7 Å². The number of hydrogen-bond donors (Lipinski definition) is 6. The molecule has 0 saturated heterocycles. The molecule has 0 bridgehead atoms. The minimum Gasteiger partial charge on any atom is -0.451 e. The lowest BCUT2D eigenvalue weighted by Gasteiger charge is -2.01. The van der Waals surface area contributed by atoms with Gasteiger partial charge in [0.15, 0.2) is 5.76 Å². The number of aliphatic hydroxyl groups is 1. The van der Waals surface area contributed by atoms with Crippen LogP contribution in [0.25, 0.3) is 22.2 Å². The maximum Gasteiger partial charge on any atom is 0.317 e. The van der Waals surface area contributed by atoms with Gasteiger partial charge >= 0.3 is 6.03 Å². The molecule has 0 aliphatic carbocycles. The van der Waals surface area contributed by atoms with Crippen LogP contribution in [0.2, 0.25) is 0 Å². The number of H-pyrrole nitrogens is 1. The molecule has 1 aromatic carbocycles. The maximum atomic E-state index is 11.9. The summed E-state index contributed by atoms with van der Waals surface area (Å²) in [7, 11) is 0. The van der Waals surface area contributed by atoms with E-state index in [1.165, 1.54) is 6.07 Å². The number of urea groups is 1. The van der Waals surface area contributed by atoms with Gasteiger partial charge in [-0.2, -0.15) is 0 Å². The molecule has 10 nitrogen and oxygen atoms in total. The second-order valence-corrected chi connectivity index (χ2v) is 5.63. The molecule has 140 valence electrons. The van der Waals surface area contributed by atoms with Crippen LogP contribution in [-0.2, 0) is 0 Å². The molecule has 2 heterocycles. The highest BCUT2D eigenvalue weighted by Gasteiger charge is 2.19. The molecule has 0 aliphatic heterocycles. The Morgan fingerprint density at radius 2 is 1.93 bits per heavy atom. The van der Waals surface area contributed by atoms with Gasteiger partial charge in [0.1, 0.15) is 11.6 Å². The number of aromatic amines is 1. The van der Waals surface area contributed by atoms with Crippen molar-refractivity contribution in [2.45, 2.75) is 0 Å². The molecule has 2 aromatic heterocycles. The number of carbonyl (C=O) groups is 3. The fourth-order valence-electron chi connectivity index (χ4n) is 2.70. The predicted octanol–water partition coefficient (Wildman–Crippen LogP) is 0.739. The smallest absolute Gasteiger partial charge is 0.317 e. The van der Waals surface area contributed by atoms with Crippen LogP contribution in [0.1, 0.15) is 20.9 Å². The number of hydrogen-bond acceptors (Lipinski definition) is 5. The van der Waals surface area contributed by atoms with E-state index in [1.54, 1.807) is 24.3 Å². The van der Waals surface area contributed by atoms with Gasteiger partial charge in [-0.15, -0.1) is 0 Å². The van der Waals surface area contributed by atoms with E-state index in [0.29, 0.717) is 22.2 Å². The second-order valence-electron chi connectivity index (χ2n) is 5.63. The van der Waals surface area contributed by atoms with Crippen molar-refractivity contribution in [2.24, 2.45) is 11.5 Å². The summed E-state index contributed by atoms with van der Waals surface area (Å²) in [5, 5.41) is 14.1. The number of rotatable bonds is 6. The molecule has 0 unspecified atom stereocenters. The van der Waals surface area contributed by atoms with E-state index in [0.717, 1.165) is 0 Å². The van der Waals surface area contributed by atoms with E-state index in [-0.39, 0.29) is 30.3 Å². The van der Waals surface area contributed by atoms with Crippen molar-refractivity contribution in [1.82, 2.24) is 10.3 Å². The summed E-state index contributed by atoms with van der Waals surface area (Å²) in [4.78, 5) is 37.6. The molecule has 4 amide bonds. The molecule has 0 fully saturated rings. The van der Waals surface area contributed by atoms with Crippen molar-refractivity contribution in [3.05, 3.63) is 41.7 Å². The highest BCUT2D eigenvalue weighted by Crippen LogP contribution is 2.31. The van der Waals surface area contributed by atoms with Gasteiger partial charge in [-0.3, -0.25) is 14.9 Å². The van der Waals surface area contributed by atoms with Crippen molar-refractivity contribution in [2.75, 3.05) is 18.5 Å². The molecule has 27 heavy (non-hydrogen) atoms. The fraction of sp³-hybridized carbons (Fsp3) is 0.118. The molecular weight excluding hydrogens is 354 g/mol. The summed E-state index contributed by atoms with van der Waals surface area (Å²) in [6.45, 7) is -0.0541. The van der Waals surface area contributed by atoms with Crippen molar-refractivity contribution in [1.29, 1.82) is 0 Å². The Balaban J connectivity index is 1.97. The average molecular weight is 371 g/mol. The van der Waals surface area contributed by atoms with Gasteiger partial charge in [-0.25, -0.2) is 4.79 Å². The monoisotopic (exact) mass is 371 g/mol. The predicted molar refractivity (Wildman–Crippen MR) is 97.1 cm³/mol. The van der Waals surface area contributed by atoms with Gasteiger partial charge in [0.25, 0.3) is 11.8 Å². The topological polar surface area (TPSA) is 176 Å². The van der Waals surface area contributed by atoms with E-state index in [1.807, 2.05) is 0 Å². The minimum absolute atomic E-state index is 0.0962. The Morgan fingerprint density at radius 1 is 1.15 bits per heavy atom. The summed E-state index contributed by atoms with van der Waals surface area (Å²) in [6.07, 6.45) is 0. The lowest BCUT2D eigenvalue weighted by atomic mass is 10.1. The maximum absolute atomic E-state index is 11.9. The van der Waals surface area contributed by atoms with Crippen molar-refractivity contribution >= 4 is 34.6 Å². The van der Waals surface area contributed by atoms with Crippen LogP contribution in [-0.4, -0.2) is 41.1 Å². The summed E-state index contributed by atoms with van der Waals surface area (Å²) < 4.78 is 5.54. The third-order valence-electron chi connectivity index (χ3n) is 3.80. The van der Waals surface area contributed by atoms with E-state index >= 15 is 0 Å². The molecule has 0 atom stereocenters. The first-order chi connectivity index (χ1) is 12.9. The number of amides is 4. The number of benzene rings is 1. The Labute approximate surface area is 152 Å². The van der Waals surface area contributed by atoms with E-state index < -0.39 is 17.8 Å². The molecular formula is C17H17N5O5. The Morgan fingerprint density at radius 3 is 2.59 bits per heavy atom. The molecule has 8 N–H and O–H groups in total. The zero-order valence-corrected chi connectivity index (χ0v) is 14.0. The van der Waals surface area contributed by atoms with Gasteiger partial charge in [0.2, 0.25) is 0 Å². The average Bonchev–Trinajstić information content (AvgIpc) is 3.22. The van der Waals surface area contributed by atoms with Crippen LogP contribution in [0.4, 0.5) is 10.6 Å². The standard InChI is InChI=1S/C17H17N5O5/c18-14(24)13-9-2-1-8(7-10(9)21-15(13)22-17(19)26)11-3-4-12(27-11)16(25)20-5-6-23/h1-4,7,21,23H,5-6H2,(H2,18,24)(H,20,25)(H3,19,22,26). The molecule has 0 aliphatic rings. The molecule has 0 radical (unpaired) electrons. The summed E-state index contributed by atoms with van der Waals surface area (Å²) in [5.41, 5.74) is 11.8. The number of furan rings is 1. The fourth-order valence-corrected chi connectivity index (χ4v) is 2.70. The molecule has 0 saturated carbocycles. The van der Waals surface area contributed by atoms with Gasteiger partial charge in [0.05, 0.1) is 12.2 Å². The normalized spacial score (nSPS) is 10.7. The lowest BCUT2D eigenvalue weighted by molar-refractivity contribution is 0.0917. The number of nitrogens with two attached hydrogens (primary N) is 2. The SMILES string of the molecule is NC(=O)Nc1[nH]c2cc(-c3ccc(C(=O)NCCO)o3)ccc2c1C(N)=O. The van der Waals surface area contributed by atoms with Gasteiger partial charge < -0.3 is 31.3 Å². The number of fused-ring (bicyclic) bond motifs is 1. The van der Waals surface area contributed by atoms with Crippen LogP contribution in [0.3, 0.4) is 0 Å². The number of aliphatic hydroxyl groups excluding tert-OH is 1. The zero-order valence-electron chi connectivity index (χ0n) is 14.0. The molecule has 0 spiro atoms. The quantitative estimate of drug-likeness (QED) is 0.374. The number of carbonyl (C=O) groups excluding carboxylic acids is 3. The van der Waals surface area contributed by atoms with Crippen LogP contribution in [0.5, 0.6) is 0 Å². The Kier molecular flexibility index (Phi) is 4.81. The van der Waals surface area contributed by atoms with E-state index in [2.05, 4.69) is 15.6 Å². The number of nitrogens with one attached hydrogen (secondary N) is 3. The van der Waals surface area contributed by atoms with Crippen molar-refractivity contribution in [3.8, 4) is 11.3 Å². The highest BCUT2D eigenvalue weighted by molar-refractivity contribution is 6.13. The van der Waals surface area contributed by atoms with Crippen molar-refractivity contribution in [3.63, 3.8) is 0 Å². The first kappa shape index (κ1) is 18.0. The summed E-state index contributed by atoms with van der Waals surface area (Å²) >= 11 is 0. The van der Waals surface area contributed by atoms with Crippen LogP contribution >= 0.6 is 0 Å². The zero-order chi connectivity index (χ0) is 19.6. The van der Waals surface area contributed by atoms with E-state index in [9.17, 15) is 14.4 Å². The Hall–Kier alpha value is -3.79. The third-order valence-corrected chi connectivity index (χ3v) is 3.80. The third kappa shape index (κ3) is 3.60. The number of aromatic nitrogens is 1. The number of primary amides is 2. The molecule has 3 rings (SSSR count). The largest absolute Gasteiger partial charge is 0.451 e. The summed E-state index contributed by atoms with van der Waals surface area (Å²) in [6, 6.07) is 7.30. The molecule has 3 aromatic rings. The lowest BCUT2D eigenvalue weighted by Crippen LogP contribution is -2.25. The van der Waals surface area contributed by atoms with Gasteiger partial charge in [-0.1, -0.05) is 12.1 Å².